The fourth-order valence-corrected chi connectivity index (χ4v) is 1.48. The molecule has 1 aromatic rings. The first-order valence-electron chi connectivity index (χ1n) is 6.72. The van der Waals surface area contributed by atoms with E-state index in [1.807, 2.05) is 32.8 Å². The van der Waals surface area contributed by atoms with Crippen molar-refractivity contribution in [2.75, 3.05) is 27.2 Å². The Balaban J connectivity index is 2.87. The number of hydrogen-bond donors (Lipinski definition) is 2. The number of likely N-dealkylation sites (N-methyl/N-ethyl adjacent to an activating group) is 1. The summed E-state index contributed by atoms with van der Waals surface area (Å²) in [5.41, 5.74) is 5.64. The van der Waals surface area contributed by atoms with E-state index in [-0.39, 0.29) is 17.6 Å². The molecule has 0 aliphatic heterocycles. The van der Waals surface area contributed by atoms with E-state index in [2.05, 4.69) is 17.2 Å². The number of hydrogen-bond acceptors (Lipinski definition) is 3. The van der Waals surface area contributed by atoms with Gasteiger partial charge in [0.1, 0.15) is 5.82 Å². The zero-order valence-corrected chi connectivity index (χ0v) is 13.0. The highest BCUT2D eigenvalue weighted by molar-refractivity contribution is 5.94. The molecular formula is C16H22FN3O. The quantitative estimate of drug-likeness (QED) is 0.820. The highest BCUT2D eigenvalue weighted by Crippen LogP contribution is 2.12. The van der Waals surface area contributed by atoms with Crippen LogP contribution in [-0.2, 0) is 0 Å². The summed E-state index contributed by atoms with van der Waals surface area (Å²) in [6, 6.07) is 4.21. The number of nitrogens with zero attached hydrogens (tertiary/aromatic N) is 1. The minimum Gasteiger partial charge on any atom is -0.350 e. The molecule has 0 spiro atoms. The molecule has 21 heavy (non-hydrogen) atoms. The molecule has 0 radical (unpaired) electrons. The second-order valence-corrected chi connectivity index (χ2v) is 5.59. The van der Waals surface area contributed by atoms with Crippen LogP contribution in [0.15, 0.2) is 18.2 Å². The SMILES string of the molecule is CN(C)C(C)(C)CNC(=O)c1cc(C#CCN)ccc1F. The number of nitrogens with two attached hydrogens (primary N) is 1. The lowest BCUT2D eigenvalue weighted by atomic mass is 10.0. The van der Waals surface area contributed by atoms with Crippen LogP contribution in [0.1, 0.15) is 29.8 Å². The number of benzene rings is 1. The van der Waals surface area contributed by atoms with Crippen molar-refractivity contribution in [3.05, 3.63) is 35.1 Å². The van der Waals surface area contributed by atoms with Gasteiger partial charge in [0.05, 0.1) is 12.1 Å². The molecule has 5 heteroatoms. The van der Waals surface area contributed by atoms with Gasteiger partial charge in [0.15, 0.2) is 0 Å². The molecule has 0 saturated heterocycles. The summed E-state index contributed by atoms with van der Waals surface area (Å²) < 4.78 is 13.8. The van der Waals surface area contributed by atoms with Gasteiger partial charge in [0, 0.05) is 17.6 Å². The minimum absolute atomic E-state index is 0.00613. The van der Waals surface area contributed by atoms with Crippen LogP contribution in [0.5, 0.6) is 0 Å². The first-order valence-corrected chi connectivity index (χ1v) is 6.72. The Hall–Kier alpha value is -1.90. The molecule has 0 heterocycles. The molecule has 0 aliphatic rings. The van der Waals surface area contributed by atoms with Crippen LogP contribution in [0.4, 0.5) is 4.39 Å². The molecule has 114 valence electrons. The van der Waals surface area contributed by atoms with Crippen molar-refractivity contribution in [2.45, 2.75) is 19.4 Å². The van der Waals surface area contributed by atoms with Gasteiger partial charge in [0.2, 0.25) is 0 Å². The summed E-state index contributed by atoms with van der Waals surface area (Å²) in [6.45, 7) is 4.62. The van der Waals surface area contributed by atoms with Gasteiger partial charge in [-0.2, -0.15) is 0 Å². The molecule has 1 aromatic carbocycles. The van der Waals surface area contributed by atoms with Crippen LogP contribution in [0, 0.1) is 17.7 Å². The van der Waals surface area contributed by atoms with Gasteiger partial charge in [-0.15, -0.1) is 0 Å². The molecule has 4 nitrogen and oxygen atoms in total. The third kappa shape index (κ3) is 4.85. The van der Waals surface area contributed by atoms with E-state index < -0.39 is 11.7 Å². The topological polar surface area (TPSA) is 58.4 Å². The molecule has 0 bridgehead atoms. The summed E-state index contributed by atoms with van der Waals surface area (Å²) in [4.78, 5) is 14.1. The smallest absolute Gasteiger partial charge is 0.254 e. The van der Waals surface area contributed by atoms with Crippen molar-refractivity contribution in [2.24, 2.45) is 5.73 Å². The Morgan fingerprint density at radius 2 is 2.10 bits per heavy atom. The summed E-state index contributed by atoms with van der Waals surface area (Å²) in [6.07, 6.45) is 0. The van der Waals surface area contributed by atoms with Crippen molar-refractivity contribution in [1.82, 2.24) is 10.2 Å². The van der Waals surface area contributed by atoms with E-state index in [9.17, 15) is 9.18 Å². The average molecular weight is 291 g/mol. The lowest BCUT2D eigenvalue weighted by Crippen LogP contribution is -2.48. The Bertz CT molecular complexity index is 571. The molecular weight excluding hydrogens is 269 g/mol. The van der Waals surface area contributed by atoms with Crippen molar-refractivity contribution < 1.29 is 9.18 Å². The van der Waals surface area contributed by atoms with Gasteiger partial charge in [-0.1, -0.05) is 11.8 Å². The molecule has 0 saturated carbocycles. The molecule has 0 aromatic heterocycles. The summed E-state index contributed by atoms with van der Waals surface area (Å²) >= 11 is 0. The van der Waals surface area contributed by atoms with Crippen LogP contribution in [0.3, 0.4) is 0 Å². The average Bonchev–Trinajstić information content (AvgIpc) is 2.43. The zero-order chi connectivity index (χ0) is 16.0. The molecule has 0 atom stereocenters. The van der Waals surface area contributed by atoms with Crippen molar-refractivity contribution >= 4 is 5.91 Å². The van der Waals surface area contributed by atoms with Crippen LogP contribution in [0.25, 0.3) is 0 Å². The van der Waals surface area contributed by atoms with E-state index in [1.54, 1.807) is 0 Å². The van der Waals surface area contributed by atoms with Gasteiger partial charge in [-0.3, -0.25) is 4.79 Å². The first-order chi connectivity index (χ1) is 9.77. The molecule has 0 fully saturated rings. The standard InChI is InChI=1S/C16H22FN3O/c1-16(2,20(3)4)11-19-15(21)13-10-12(6-5-9-18)7-8-14(13)17/h7-8,10H,9,11,18H2,1-4H3,(H,19,21). The lowest BCUT2D eigenvalue weighted by Gasteiger charge is -2.32. The van der Waals surface area contributed by atoms with Crippen molar-refractivity contribution in [1.29, 1.82) is 0 Å². The Morgan fingerprint density at radius 3 is 2.67 bits per heavy atom. The van der Waals surface area contributed by atoms with Crippen LogP contribution >= 0.6 is 0 Å². The Labute approximate surface area is 125 Å². The maximum atomic E-state index is 13.8. The normalized spacial score (nSPS) is 11.0. The number of carbonyl (C=O) groups excluding carboxylic acids is 1. The van der Waals surface area contributed by atoms with Crippen LogP contribution in [0.2, 0.25) is 0 Å². The highest BCUT2D eigenvalue weighted by Gasteiger charge is 2.22. The predicted octanol–water partition coefficient (Wildman–Crippen LogP) is 1.21. The van der Waals surface area contributed by atoms with Gasteiger partial charge in [-0.25, -0.2) is 4.39 Å². The first kappa shape index (κ1) is 17.2. The van der Waals surface area contributed by atoms with Crippen molar-refractivity contribution in [3.8, 4) is 11.8 Å². The van der Waals surface area contributed by atoms with E-state index in [4.69, 9.17) is 5.73 Å². The summed E-state index contributed by atoms with van der Waals surface area (Å²) in [7, 11) is 3.85. The van der Waals surface area contributed by atoms with Gasteiger partial charge in [0.25, 0.3) is 5.91 Å². The third-order valence-corrected chi connectivity index (χ3v) is 3.44. The number of halogens is 1. The fraction of sp³-hybridized carbons (Fsp3) is 0.438. The van der Waals surface area contributed by atoms with Gasteiger partial charge < -0.3 is 16.0 Å². The molecule has 3 N–H and O–H groups in total. The number of nitrogens with one attached hydrogen (secondary N) is 1. The summed E-state index contributed by atoms with van der Waals surface area (Å²) in [5.74, 6) is 4.46. The maximum absolute atomic E-state index is 13.8. The molecule has 1 amide bonds. The highest BCUT2D eigenvalue weighted by atomic mass is 19.1. The maximum Gasteiger partial charge on any atom is 0.254 e. The number of carbonyl (C=O) groups is 1. The molecule has 0 unspecified atom stereocenters. The minimum atomic E-state index is -0.562. The zero-order valence-electron chi connectivity index (χ0n) is 13.0. The molecule has 1 rings (SSSR count). The number of amides is 1. The second-order valence-electron chi connectivity index (χ2n) is 5.59. The second kappa shape index (κ2) is 7.21. The Kier molecular flexibility index (Phi) is 5.89. The third-order valence-electron chi connectivity index (χ3n) is 3.44. The van der Waals surface area contributed by atoms with E-state index >= 15 is 0 Å². The summed E-state index contributed by atoms with van der Waals surface area (Å²) in [5, 5.41) is 2.75. The van der Waals surface area contributed by atoms with E-state index in [1.165, 1.54) is 18.2 Å². The van der Waals surface area contributed by atoms with Gasteiger partial charge in [-0.05, 0) is 46.1 Å². The van der Waals surface area contributed by atoms with Crippen LogP contribution < -0.4 is 11.1 Å². The monoisotopic (exact) mass is 291 g/mol. The van der Waals surface area contributed by atoms with Crippen molar-refractivity contribution in [3.63, 3.8) is 0 Å². The van der Waals surface area contributed by atoms with Gasteiger partial charge >= 0.3 is 0 Å². The lowest BCUT2D eigenvalue weighted by molar-refractivity contribution is 0.0915. The Morgan fingerprint density at radius 1 is 1.43 bits per heavy atom. The fourth-order valence-electron chi connectivity index (χ4n) is 1.48. The predicted molar refractivity (Wildman–Crippen MR) is 82.4 cm³/mol. The molecule has 0 aliphatic carbocycles. The van der Waals surface area contributed by atoms with Crippen LogP contribution in [-0.4, -0.2) is 43.5 Å². The largest absolute Gasteiger partial charge is 0.350 e. The van der Waals surface area contributed by atoms with E-state index in [0.29, 0.717) is 12.1 Å². The van der Waals surface area contributed by atoms with E-state index in [0.717, 1.165) is 0 Å². The number of rotatable bonds is 4.